The molecule has 0 radical (unpaired) electrons. The zero-order chi connectivity index (χ0) is 21.2. The van der Waals surface area contributed by atoms with Crippen LogP contribution in [0.3, 0.4) is 0 Å². The molecule has 1 aliphatic rings. The molecule has 3 rings (SSSR count). The van der Waals surface area contributed by atoms with Gasteiger partial charge < -0.3 is 14.6 Å². The fourth-order valence-corrected chi connectivity index (χ4v) is 3.12. The number of carbonyl (C=O) groups excluding carboxylic acids is 1. The van der Waals surface area contributed by atoms with Gasteiger partial charge in [0.1, 0.15) is 17.2 Å². The van der Waals surface area contributed by atoms with E-state index in [4.69, 9.17) is 16.3 Å². The molecule has 0 bridgehead atoms. The molecule has 1 N–H and O–H groups in total. The predicted molar refractivity (Wildman–Crippen MR) is 102 cm³/mol. The fourth-order valence-electron chi connectivity index (χ4n) is 2.96. The Balaban J connectivity index is 1.76. The van der Waals surface area contributed by atoms with E-state index < -0.39 is 6.36 Å². The van der Waals surface area contributed by atoms with Crippen LogP contribution in [0.15, 0.2) is 64.7 Å². The summed E-state index contributed by atoms with van der Waals surface area (Å²) in [4.78, 5) is 12.5. The molecule has 0 saturated heterocycles. The average molecular weight is 425 g/mol. The molecule has 8 heteroatoms. The molecule has 0 aromatic heterocycles. The summed E-state index contributed by atoms with van der Waals surface area (Å²) in [5.41, 5.74) is 2.25. The third-order valence-electron chi connectivity index (χ3n) is 4.26. The summed E-state index contributed by atoms with van der Waals surface area (Å²) < 4.78 is 46.0. The first-order valence-corrected chi connectivity index (χ1v) is 8.92. The number of halogens is 4. The van der Waals surface area contributed by atoms with Crippen LogP contribution < -0.4 is 9.47 Å². The summed E-state index contributed by atoms with van der Waals surface area (Å²) in [7, 11) is 0. The summed E-state index contributed by atoms with van der Waals surface area (Å²) in [6.45, 7) is 1.49. The number of aliphatic hydroxyl groups excluding tert-OH is 1. The number of ether oxygens (including phenoxy) is 2. The Morgan fingerprint density at radius 3 is 2.03 bits per heavy atom. The van der Waals surface area contributed by atoms with Crippen LogP contribution in [0, 0.1) is 0 Å². The summed E-state index contributed by atoms with van der Waals surface area (Å²) in [6.07, 6.45) is -4.34. The van der Waals surface area contributed by atoms with Gasteiger partial charge in [0.15, 0.2) is 0 Å². The first-order chi connectivity index (χ1) is 13.7. The second-order valence-electron chi connectivity index (χ2n) is 6.38. The van der Waals surface area contributed by atoms with Crippen LogP contribution in [0.25, 0.3) is 5.57 Å². The highest BCUT2D eigenvalue weighted by Gasteiger charge is 2.31. The van der Waals surface area contributed by atoms with Crippen molar-refractivity contribution in [1.82, 2.24) is 0 Å². The van der Waals surface area contributed by atoms with Gasteiger partial charge in [-0.2, -0.15) is 0 Å². The van der Waals surface area contributed by atoms with Crippen molar-refractivity contribution >= 4 is 23.0 Å². The lowest BCUT2D eigenvalue weighted by atomic mass is 9.87. The monoisotopic (exact) mass is 424 g/mol. The summed E-state index contributed by atoms with van der Waals surface area (Å²) >= 11 is 6.08. The standard InChI is InChI=1S/C21H16ClF3O4/c1-12-10-14(11-26)18(20(27)19(12)22)13-2-4-15(5-3-13)28-16-6-8-17(9-7-16)29-21(23,24)25/h2-9,26H,10-11H2,1H3. The van der Waals surface area contributed by atoms with Crippen LogP contribution in [-0.4, -0.2) is 23.9 Å². The van der Waals surface area contributed by atoms with Crippen LogP contribution in [0.5, 0.6) is 17.2 Å². The van der Waals surface area contributed by atoms with Gasteiger partial charge in [-0.1, -0.05) is 23.7 Å². The number of rotatable bonds is 5. The van der Waals surface area contributed by atoms with Crippen molar-refractivity contribution in [2.45, 2.75) is 19.7 Å². The zero-order valence-electron chi connectivity index (χ0n) is 15.2. The molecule has 0 aliphatic heterocycles. The predicted octanol–water partition coefficient (Wildman–Crippen LogP) is 5.61. The molecule has 4 nitrogen and oxygen atoms in total. The quantitative estimate of drug-likeness (QED) is 0.678. The van der Waals surface area contributed by atoms with Gasteiger partial charge in [0.05, 0.1) is 11.6 Å². The molecule has 29 heavy (non-hydrogen) atoms. The molecule has 0 atom stereocenters. The molecular formula is C21H16ClF3O4. The van der Waals surface area contributed by atoms with Crippen molar-refractivity contribution < 1.29 is 32.5 Å². The van der Waals surface area contributed by atoms with Gasteiger partial charge in [0, 0.05) is 5.57 Å². The maximum Gasteiger partial charge on any atom is 0.573 e. The smallest absolute Gasteiger partial charge is 0.457 e. The van der Waals surface area contributed by atoms with E-state index >= 15 is 0 Å². The number of benzene rings is 2. The van der Waals surface area contributed by atoms with Crippen LogP contribution in [-0.2, 0) is 4.79 Å². The number of hydrogen-bond acceptors (Lipinski definition) is 4. The number of aliphatic hydroxyl groups is 1. The molecular weight excluding hydrogens is 409 g/mol. The van der Waals surface area contributed by atoms with E-state index in [1.54, 1.807) is 31.2 Å². The maximum atomic E-state index is 12.5. The highest BCUT2D eigenvalue weighted by atomic mass is 35.5. The van der Waals surface area contributed by atoms with Crippen LogP contribution in [0.2, 0.25) is 0 Å². The SMILES string of the molecule is CC1=C(Cl)C(=O)C(c2ccc(Oc3ccc(OC(F)(F)F)cc3)cc2)=C(CO)C1. The maximum absolute atomic E-state index is 12.5. The van der Waals surface area contributed by atoms with Crippen molar-refractivity contribution in [3.05, 3.63) is 70.3 Å². The molecule has 152 valence electrons. The lowest BCUT2D eigenvalue weighted by Gasteiger charge is -2.20. The van der Waals surface area contributed by atoms with Crippen LogP contribution in [0.1, 0.15) is 18.9 Å². The van der Waals surface area contributed by atoms with E-state index in [0.717, 1.165) is 12.1 Å². The van der Waals surface area contributed by atoms with Crippen molar-refractivity contribution in [3.63, 3.8) is 0 Å². The first kappa shape index (κ1) is 21.0. The zero-order valence-corrected chi connectivity index (χ0v) is 16.0. The van der Waals surface area contributed by atoms with Gasteiger partial charge in [-0.25, -0.2) is 0 Å². The van der Waals surface area contributed by atoms with Crippen molar-refractivity contribution in [3.8, 4) is 17.2 Å². The molecule has 0 spiro atoms. The van der Waals surface area contributed by atoms with E-state index in [-0.39, 0.29) is 23.2 Å². The van der Waals surface area contributed by atoms with E-state index in [0.29, 0.717) is 40.2 Å². The fraction of sp³-hybridized carbons (Fsp3) is 0.190. The van der Waals surface area contributed by atoms with Crippen molar-refractivity contribution in [2.24, 2.45) is 0 Å². The topological polar surface area (TPSA) is 55.8 Å². The number of Topliss-reactive ketones (excluding diaryl/α,β-unsaturated/α-hetero) is 1. The lowest BCUT2D eigenvalue weighted by molar-refractivity contribution is -0.274. The summed E-state index contributed by atoms with van der Waals surface area (Å²) in [5, 5.41) is 9.76. The largest absolute Gasteiger partial charge is 0.573 e. The second-order valence-corrected chi connectivity index (χ2v) is 6.76. The number of carbonyl (C=O) groups is 1. The average Bonchev–Trinajstić information content (AvgIpc) is 2.67. The van der Waals surface area contributed by atoms with Crippen LogP contribution >= 0.6 is 11.6 Å². The Hall–Kier alpha value is -2.77. The Bertz CT molecular complexity index is 974. The molecule has 0 amide bonds. The number of ketones is 1. The van der Waals surface area contributed by atoms with E-state index in [9.17, 15) is 23.1 Å². The minimum atomic E-state index is -4.76. The lowest BCUT2D eigenvalue weighted by Crippen LogP contribution is -2.16. The minimum absolute atomic E-state index is 0.152. The molecule has 1 aliphatic carbocycles. The molecule has 2 aromatic rings. The van der Waals surface area contributed by atoms with Crippen molar-refractivity contribution in [2.75, 3.05) is 6.61 Å². The third-order valence-corrected chi connectivity index (χ3v) is 4.75. The number of hydrogen-bond donors (Lipinski definition) is 1. The van der Waals surface area contributed by atoms with E-state index in [2.05, 4.69) is 4.74 Å². The first-order valence-electron chi connectivity index (χ1n) is 8.55. The Labute approximate surface area is 169 Å². The van der Waals surface area contributed by atoms with Gasteiger partial charge in [-0.05, 0) is 66.5 Å². The second kappa shape index (κ2) is 8.31. The number of alkyl halides is 3. The molecule has 2 aromatic carbocycles. The molecule has 0 unspecified atom stereocenters. The van der Waals surface area contributed by atoms with Gasteiger partial charge in [0.2, 0.25) is 5.78 Å². The molecule has 0 fully saturated rings. The molecule has 0 saturated carbocycles. The van der Waals surface area contributed by atoms with Crippen LogP contribution in [0.4, 0.5) is 13.2 Å². The van der Waals surface area contributed by atoms with Gasteiger partial charge in [-0.15, -0.1) is 13.2 Å². The highest BCUT2D eigenvalue weighted by molar-refractivity contribution is 6.51. The van der Waals surface area contributed by atoms with Crippen molar-refractivity contribution in [1.29, 1.82) is 0 Å². The normalized spacial score (nSPS) is 15.0. The Morgan fingerprint density at radius 1 is 1.00 bits per heavy atom. The molecule has 0 heterocycles. The summed E-state index contributed by atoms with van der Waals surface area (Å²) in [5.74, 6) is 0.0523. The van der Waals surface area contributed by atoms with E-state index in [1.807, 2.05) is 0 Å². The summed E-state index contributed by atoms with van der Waals surface area (Å²) in [6, 6.07) is 11.5. The number of allylic oxidation sites excluding steroid dienone is 3. The Kier molecular flexibility index (Phi) is 6.00. The third kappa shape index (κ3) is 4.99. The van der Waals surface area contributed by atoms with Gasteiger partial charge in [-0.3, -0.25) is 4.79 Å². The van der Waals surface area contributed by atoms with Gasteiger partial charge in [0.25, 0.3) is 0 Å². The minimum Gasteiger partial charge on any atom is -0.457 e. The van der Waals surface area contributed by atoms with Gasteiger partial charge >= 0.3 is 6.36 Å². The highest BCUT2D eigenvalue weighted by Crippen LogP contribution is 2.35. The Morgan fingerprint density at radius 2 is 1.52 bits per heavy atom. The van der Waals surface area contributed by atoms with E-state index in [1.165, 1.54) is 12.1 Å².